The molecule has 3 aromatic heterocycles. The van der Waals surface area contributed by atoms with E-state index in [1.165, 1.54) is 0 Å². The standard InChI is InChI=1S/C18H21N7O2/c1-23-8-5-19-16(17(23)26)25-6-3-15(4-7-25)27-18-20-9-13(10-21-18)14-11-22-24(2)12-14/h5,8-12,15H,3-4,6-7H2,1-2H3. The van der Waals surface area contributed by atoms with Gasteiger partial charge < -0.3 is 14.2 Å². The fourth-order valence-corrected chi connectivity index (χ4v) is 3.13. The molecule has 0 saturated carbocycles. The predicted octanol–water partition coefficient (Wildman–Crippen LogP) is 1.02. The van der Waals surface area contributed by atoms with Crippen LogP contribution < -0.4 is 15.2 Å². The second-order valence-electron chi connectivity index (χ2n) is 6.63. The topological polar surface area (TPSA) is 91.0 Å². The molecule has 0 aromatic carbocycles. The van der Waals surface area contributed by atoms with E-state index < -0.39 is 0 Å². The first-order chi connectivity index (χ1) is 13.1. The molecule has 0 unspecified atom stereocenters. The molecule has 0 bridgehead atoms. The first kappa shape index (κ1) is 17.2. The highest BCUT2D eigenvalue weighted by Gasteiger charge is 2.24. The van der Waals surface area contributed by atoms with E-state index in [9.17, 15) is 4.79 Å². The number of nitrogens with zero attached hydrogens (tertiary/aromatic N) is 7. The van der Waals surface area contributed by atoms with Gasteiger partial charge in [0.25, 0.3) is 5.56 Å². The van der Waals surface area contributed by atoms with E-state index in [-0.39, 0.29) is 11.7 Å². The van der Waals surface area contributed by atoms with Gasteiger partial charge in [-0.25, -0.2) is 15.0 Å². The van der Waals surface area contributed by atoms with Crippen molar-refractivity contribution < 1.29 is 4.74 Å². The van der Waals surface area contributed by atoms with Gasteiger partial charge in [-0.1, -0.05) is 0 Å². The number of ether oxygens (including phenoxy) is 1. The Morgan fingerprint density at radius 3 is 2.44 bits per heavy atom. The van der Waals surface area contributed by atoms with Crippen molar-refractivity contribution in [3.05, 3.63) is 47.5 Å². The van der Waals surface area contributed by atoms with Crippen molar-refractivity contribution in [2.45, 2.75) is 18.9 Å². The average molecular weight is 367 g/mol. The fourth-order valence-electron chi connectivity index (χ4n) is 3.13. The van der Waals surface area contributed by atoms with Gasteiger partial charge in [-0.15, -0.1) is 0 Å². The second kappa shape index (κ2) is 7.18. The molecule has 140 valence electrons. The zero-order valence-corrected chi connectivity index (χ0v) is 15.3. The first-order valence-corrected chi connectivity index (χ1v) is 8.84. The number of rotatable bonds is 4. The van der Waals surface area contributed by atoms with E-state index in [1.807, 2.05) is 18.1 Å². The van der Waals surface area contributed by atoms with E-state index in [0.717, 1.165) is 24.0 Å². The molecule has 0 amide bonds. The van der Waals surface area contributed by atoms with Crippen LogP contribution in [0.4, 0.5) is 5.82 Å². The normalized spacial score (nSPS) is 15.1. The van der Waals surface area contributed by atoms with Crippen LogP contribution in [0.5, 0.6) is 6.01 Å². The van der Waals surface area contributed by atoms with Crippen molar-refractivity contribution >= 4 is 5.82 Å². The Bertz CT molecular complexity index is 972. The van der Waals surface area contributed by atoms with Crippen LogP contribution >= 0.6 is 0 Å². The molecule has 9 heteroatoms. The second-order valence-corrected chi connectivity index (χ2v) is 6.63. The summed E-state index contributed by atoms with van der Waals surface area (Å²) in [6, 6.07) is 0.370. The summed E-state index contributed by atoms with van der Waals surface area (Å²) in [6.45, 7) is 1.43. The van der Waals surface area contributed by atoms with Gasteiger partial charge in [-0.2, -0.15) is 5.10 Å². The molecule has 1 aliphatic rings. The Morgan fingerprint density at radius 2 is 1.78 bits per heavy atom. The average Bonchev–Trinajstić information content (AvgIpc) is 3.12. The van der Waals surface area contributed by atoms with Crippen molar-refractivity contribution in [2.24, 2.45) is 14.1 Å². The Kier molecular flexibility index (Phi) is 4.57. The molecule has 0 aliphatic carbocycles. The lowest BCUT2D eigenvalue weighted by atomic mass is 10.1. The van der Waals surface area contributed by atoms with E-state index in [0.29, 0.717) is 24.9 Å². The zero-order valence-electron chi connectivity index (χ0n) is 15.3. The van der Waals surface area contributed by atoms with Gasteiger partial charge in [0, 0.05) is 82.1 Å². The van der Waals surface area contributed by atoms with Gasteiger partial charge in [0.15, 0.2) is 5.82 Å². The minimum atomic E-state index is -0.0776. The van der Waals surface area contributed by atoms with Crippen molar-refractivity contribution in [3.8, 4) is 17.1 Å². The highest BCUT2D eigenvalue weighted by atomic mass is 16.5. The van der Waals surface area contributed by atoms with E-state index in [4.69, 9.17) is 4.74 Å². The Morgan fingerprint density at radius 1 is 1.04 bits per heavy atom. The van der Waals surface area contributed by atoms with E-state index >= 15 is 0 Å². The third kappa shape index (κ3) is 3.67. The van der Waals surface area contributed by atoms with Crippen molar-refractivity contribution in [2.75, 3.05) is 18.0 Å². The zero-order chi connectivity index (χ0) is 18.8. The highest BCUT2D eigenvalue weighted by molar-refractivity contribution is 5.59. The summed E-state index contributed by atoms with van der Waals surface area (Å²) in [5.74, 6) is 0.496. The van der Waals surface area contributed by atoms with Gasteiger partial charge in [0.05, 0.1) is 6.20 Å². The Balaban J connectivity index is 1.36. The number of hydrogen-bond donors (Lipinski definition) is 0. The Labute approximate surface area is 156 Å². The number of piperidine rings is 1. The molecule has 0 N–H and O–H groups in total. The maximum Gasteiger partial charge on any atom is 0.316 e. The molecular formula is C18H21N7O2. The summed E-state index contributed by atoms with van der Waals surface area (Å²) >= 11 is 0. The lowest BCUT2D eigenvalue weighted by Crippen LogP contribution is -2.42. The number of aryl methyl sites for hydroxylation is 2. The quantitative estimate of drug-likeness (QED) is 0.680. The number of anilines is 1. The SMILES string of the molecule is Cn1cc(-c2cnc(OC3CCN(c4nccn(C)c4=O)CC3)nc2)cn1. The minimum Gasteiger partial charge on any atom is -0.460 e. The van der Waals surface area contributed by atoms with Gasteiger partial charge >= 0.3 is 6.01 Å². The van der Waals surface area contributed by atoms with Gasteiger partial charge in [0.1, 0.15) is 6.10 Å². The lowest BCUT2D eigenvalue weighted by Gasteiger charge is -2.31. The monoisotopic (exact) mass is 367 g/mol. The predicted molar refractivity (Wildman–Crippen MR) is 99.6 cm³/mol. The molecule has 4 rings (SSSR count). The van der Waals surface area contributed by atoms with Gasteiger partial charge in [-0.05, 0) is 0 Å². The van der Waals surface area contributed by atoms with Gasteiger partial charge in [0.2, 0.25) is 0 Å². The fraction of sp³-hybridized carbons (Fsp3) is 0.389. The summed E-state index contributed by atoms with van der Waals surface area (Å²) in [5, 5.41) is 4.15. The molecule has 27 heavy (non-hydrogen) atoms. The molecule has 0 atom stereocenters. The molecule has 9 nitrogen and oxygen atoms in total. The van der Waals surface area contributed by atoms with Crippen molar-refractivity contribution in [1.82, 2.24) is 29.3 Å². The molecule has 0 radical (unpaired) electrons. The third-order valence-corrected chi connectivity index (χ3v) is 4.68. The van der Waals surface area contributed by atoms with E-state index in [1.54, 1.807) is 47.3 Å². The molecule has 1 saturated heterocycles. The molecule has 1 fully saturated rings. The van der Waals surface area contributed by atoms with Gasteiger partial charge in [-0.3, -0.25) is 9.48 Å². The van der Waals surface area contributed by atoms with E-state index in [2.05, 4.69) is 20.1 Å². The van der Waals surface area contributed by atoms with Crippen LogP contribution in [-0.4, -0.2) is 48.5 Å². The summed E-state index contributed by atoms with van der Waals surface area (Å²) in [4.78, 5) is 27.1. The maximum atomic E-state index is 12.2. The van der Waals surface area contributed by atoms with Crippen LogP contribution in [0.15, 0.2) is 42.0 Å². The largest absolute Gasteiger partial charge is 0.460 e. The summed E-state index contributed by atoms with van der Waals surface area (Å²) in [7, 11) is 3.60. The van der Waals surface area contributed by atoms with Crippen LogP contribution in [0.1, 0.15) is 12.8 Å². The summed E-state index contributed by atoms with van der Waals surface area (Å²) < 4.78 is 9.20. The molecule has 1 aliphatic heterocycles. The number of hydrogen-bond acceptors (Lipinski definition) is 7. The molecule has 3 aromatic rings. The lowest BCUT2D eigenvalue weighted by molar-refractivity contribution is 0.156. The third-order valence-electron chi connectivity index (χ3n) is 4.68. The van der Waals surface area contributed by atoms with Crippen LogP contribution in [0.25, 0.3) is 11.1 Å². The summed E-state index contributed by atoms with van der Waals surface area (Å²) in [6.07, 6.45) is 12.1. The highest BCUT2D eigenvalue weighted by Crippen LogP contribution is 2.20. The molecule has 0 spiro atoms. The van der Waals surface area contributed by atoms with Crippen LogP contribution in [-0.2, 0) is 14.1 Å². The summed E-state index contributed by atoms with van der Waals surface area (Å²) in [5.41, 5.74) is 1.79. The molecular weight excluding hydrogens is 346 g/mol. The molecule has 4 heterocycles. The Hall–Kier alpha value is -3.23. The minimum absolute atomic E-state index is 0.0260. The van der Waals surface area contributed by atoms with Crippen LogP contribution in [0.2, 0.25) is 0 Å². The van der Waals surface area contributed by atoms with Crippen LogP contribution in [0, 0.1) is 0 Å². The van der Waals surface area contributed by atoms with Crippen LogP contribution in [0.3, 0.4) is 0 Å². The van der Waals surface area contributed by atoms with Crippen molar-refractivity contribution in [1.29, 1.82) is 0 Å². The number of aromatic nitrogens is 6. The maximum absolute atomic E-state index is 12.2. The smallest absolute Gasteiger partial charge is 0.316 e. The first-order valence-electron chi connectivity index (χ1n) is 8.84. The van der Waals surface area contributed by atoms with Crippen molar-refractivity contribution in [3.63, 3.8) is 0 Å².